The molecule has 0 saturated heterocycles. The minimum atomic E-state index is -2.21. The lowest BCUT2D eigenvalue weighted by atomic mass is 10.1. The van der Waals surface area contributed by atoms with Gasteiger partial charge >= 0.3 is 8.60 Å². The molecule has 0 spiro atoms. The fraction of sp³-hybridized carbons (Fsp3) is 0.333. The molecule has 0 fully saturated rings. The predicted molar refractivity (Wildman–Crippen MR) is 39.1 cm³/mol. The first-order chi connectivity index (χ1) is 4.79. The van der Waals surface area contributed by atoms with Crippen molar-refractivity contribution in [2.24, 2.45) is 0 Å². The van der Waals surface area contributed by atoms with E-state index in [1.165, 1.54) is 0 Å². The van der Waals surface area contributed by atoms with Gasteiger partial charge in [-0.3, -0.25) is 0 Å². The van der Waals surface area contributed by atoms with Crippen LogP contribution in [0.25, 0.3) is 0 Å². The van der Waals surface area contributed by atoms with Crippen LogP contribution in [0.5, 0.6) is 0 Å². The summed E-state index contributed by atoms with van der Waals surface area (Å²) >= 11 is 0. The summed E-state index contributed by atoms with van der Waals surface area (Å²) in [7, 11) is -2.21. The lowest BCUT2D eigenvalue weighted by Gasteiger charge is -2.13. The summed E-state index contributed by atoms with van der Waals surface area (Å²) in [6.07, 6.45) is 8.00. The quantitative estimate of drug-likeness (QED) is 0.594. The van der Waals surface area contributed by atoms with Gasteiger partial charge in [-0.2, -0.15) is 0 Å². The van der Waals surface area contributed by atoms with Crippen LogP contribution in [0.4, 0.5) is 0 Å². The summed E-state index contributed by atoms with van der Waals surface area (Å²) in [5.41, 5.74) is 0. The molecule has 4 heteroatoms. The molecule has 0 saturated carbocycles. The van der Waals surface area contributed by atoms with Crippen molar-refractivity contribution < 1.29 is 14.3 Å². The van der Waals surface area contributed by atoms with Crippen LogP contribution >= 0.6 is 8.60 Å². The Morgan fingerprint density at radius 3 is 2.70 bits per heavy atom. The van der Waals surface area contributed by atoms with Crippen molar-refractivity contribution in [3.63, 3.8) is 0 Å². The average Bonchev–Trinajstić information content (AvgIpc) is 1.88. The molecule has 0 aromatic heterocycles. The average molecular weight is 160 g/mol. The molecule has 1 atom stereocenters. The van der Waals surface area contributed by atoms with E-state index in [-0.39, 0.29) is 6.10 Å². The van der Waals surface area contributed by atoms with Crippen molar-refractivity contribution >= 4 is 8.60 Å². The van der Waals surface area contributed by atoms with Gasteiger partial charge in [0, 0.05) is 0 Å². The largest absolute Gasteiger partial charge is 0.328 e. The van der Waals surface area contributed by atoms with E-state index >= 15 is 0 Å². The van der Waals surface area contributed by atoms with E-state index < -0.39 is 8.60 Å². The van der Waals surface area contributed by atoms with Crippen molar-refractivity contribution in [3.8, 4) is 0 Å². The molecule has 1 unspecified atom stereocenters. The molecule has 0 radical (unpaired) electrons. The molecule has 2 N–H and O–H groups in total. The van der Waals surface area contributed by atoms with Crippen LogP contribution in [-0.4, -0.2) is 15.9 Å². The fourth-order valence-electron chi connectivity index (χ4n) is 0.757. The molecule has 0 aromatic carbocycles. The Bertz CT molecular complexity index is 153. The summed E-state index contributed by atoms with van der Waals surface area (Å²) < 4.78 is 4.73. The van der Waals surface area contributed by atoms with E-state index in [2.05, 4.69) is 0 Å². The highest BCUT2D eigenvalue weighted by Crippen LogP contribution is 2.29. The number of rotatable bonds is 2. The smallest absolute Gasteiger partial charge is 0.327 e. The molecule has 10 heavy (non-hydrogen) atoms. The molecule has 3 nitrogen and oxygen atoms in total. The molecular weight excluding hydrogens is 151 g/mol. The van der Waals surface area contributed by atoms with Gasteiger partial charge in [-0.1, -0.05) is 24.3 Å². The third-order valence-corrected chi connectivity index (χ3v) is 1.63. The molecule has 0 amide bonds. The van der Waals surface area contributed by atoms with Crippen LogP contribution in [0, 0.1) is 0 Å². The standard InChI is InChI=1S/C6H9O3P/c7-10(8)9-6-4-2-1-3-5-6/h1-4,6-8H,5H2. The van der Waals surface area contributed by atoms with E-state index in [4.69, 9.17) is 14.3 Å². The van der Waals surface area contributed by atoms with Crippen molar-refractivity contribution in [2.75, 3.05) is 0 Å². The van der Waals surface area contributed by atoms with Crippen LogP contribution in [-0.2, 0) is 4.52 Å². The molecule has 0 bridgehead atoms. The topological polar surface area (TPSA) is 49.7 Å². The van der Waals surface area contributed by atoms with Crippen LogP contribution in [0.15, 0.2) is 24.3 Å². The Morgan fingerprint density at radius 2 is 2.20 bits per heavy atom. The maximum atomic E-state index is 8.44. The third kappa shape index (κ3) is 2.58. The van der Waals surface area contributed by atoms with Gasteiger partial charge in [0.1, 0.15) is 0 Å². The Balaban J connectivity index is 2.30. The van der Waals surface area contributed by atoms with Crippen LogP contribution in [0.1, 0.15) is 6.42 Å². The first-order valence-electron chi connectivity index (χ1n) is 2.97. The first kappa shape index (κ1) is 7.89. The first-order valence-corrected chi connectivity index (χ1v) is 4.13. The number of hydrogen-bond donors (Lipinski definition) is 2. The minimum absolute atomic E-state index is 0.161. The zero-order valence-corrected chi connectivity index (χ0v) is 6.24. The molecule has 0 aliphatic heterocycles. The maximum absolute atomic E-state index is 8.44. The predicted octanol–water partition coefficient (Wildman–Crippen LogP) is 1.10. The van der Waals surface area contributed by atoms with Crippen molar-refractivity contribution in [1.29, 1.82) is 0 Å². The molecule has 56 valence electrons. The van der Waals surface area contributed by atoms with Gasteiger partial charge in [-0.05, 0) is 6.42 Å². The Hall–Kier alpha value is -0.210. The number of allylic oxidation sites excluding steroid dienone is 2. The number of hydrogen-bond acceptors (Lipinski definition) is 3. The highest BCUT2D eigenvalue weighted by atomic mass is 31.2. The third-order valence-electron chi connectivity index (χ3n) is 1.17. The molecule has 1 aliphatic rings. The lowest BCUT2D eigenvalue weighted by Crippen LogP contribution is -2.06. The zero-order valence-electron chi connectivity index (χ0n) is 5.34. The fourth-order valence-corrected chi connectivity index (χ4v) is 1.16. The normalized spacial score (nSPS) is 24.1. The highest BCUT2D eigenvalue weighted by Gasteiger charge is 2.09. The van der Waals surface area contributed by atoms with E-state index in [1.807, 2.05) is 18.2 Å². The molecule has 1 aliphatic carbocycles. The van der Waals surface area contributed by atoms with E-state index in [9.17, 15) is 0 Å². The summed E-state index contributed by atoms with van der Waals surface area (Å²) in [6, 6.07) is 0. The monoisotopic (exact) mass is 160 g/mol. The Labute approximate surface area is 60.6 Å². The highest BCUT2D eigenvalue weighted by molar-refractivity contribution is 7.39. The molecular formula is C6H9O3P. The van der Waals surface area contributed by atoms with Gasteiger partial charge in [0.15, 0.2) is 0 Å². The van der Waals surface area contributed by atoms with Gasteiger partial charge in [0.2, 0.25) is 0 Å². The lowest BCUT2D eigenvalue weighted by molar-refractivity contribution is 0.208. The van der Waals surface area contributed by atoms with Crippen LogP contribution in [0.3, 0.4) is 0 Å². The van der Waals surface area contributed by atoms with Gasteiger partial charge in [0.05, 0.1) is 6.10 Å². The van der Waals surface area contributed by atoms with Crippen molar-refractivity contribution in [1.82, 2.24) is 0 Å². The van der Waals surface area contributed by atoms with Gasteiger partial charge in [-0.15, -0.1) is 0 Å². The second kappa shape index (κ2) is 3.84. The van der Waals surface area contributed by atoms with Gasteiger partial charge < -0.3 is 14.3 Å². The minimum Gasteiger partial charge on any atom is -0.328 e. The molecule has 1 rings (SSSR count). The Morgan fingerprint density at radius 1 is 1.40 bits per heavy atom. The summed E-state index contributed by atoms with van der Waals surface area (Å²) in [6.45, 7) is 0. The Kier molecular flexibility index (Phi) is 3.03. The van der Waals surface area contributed by atoms with Crippen LogP contribution < -0.4 is 0 Å². The van der Waals surface area contributed by atoms with E-state index in [0.717, 1.165) is 6.42 Å². The zero-order chi connectivity index (χ0) is 7.40. The summed E-state index contributed by atoms with van der Waals surface area (Å²) in [4.78, 5) is 16.9. The SMILES string of the molecule is OP(O)OC1C=CC=CC1. The van der Waals surface area contributed by atoms with Gasteiger partial charge in [-0.25, -0.2) is 0 Å². The van der Waals surface area contributed by atoms with Crippen molar-refractivity contribution in [3.05, 3.63) is 24.3 Å². The van der Waals surface area contributed by atoms with E-state index in [0.29, 0.717) is 0 Å². The summed E-state index contributed by atoms with van der Waals surface area (Å²) in [5.74, 6) is 0. The maximum Gasteiger partial charge on any atom is 0.327 e. The second-order valence-corrected chi connectivity index (χ2v) is 2.66. The summed E-state index contributed by atoms with van der Waals surface area (Å²) in [5, 5.41) is 0. The van der Waals surface area contributed by atoms with Crippen LogP contribution in [0.2, 0.25) is 0 Å². The van der Waals surface area contributed by atoms with Gasteiger partial charge in [0.25, 0.3) is 0 Å². The molecule has 0 aromatic rings. The van der Waals surface area contributed by atoms with E-state index in [1.54, 1.807) is 6.08 Å². The molecule has 0 heterocycles. The van der Waals surface area contributed by atoms with Crippen molar-refractivity contribution in [2.45, 2.75) is 12.5 Å². The second-order valence-electron chi connectivity index (χ2n) is 1.95.